The molecule has 1 N–H and O–H groups in total. The molecule has 9 heteroatoms. The van der Waals surface area contributed by atoms with Crippen LogP contribution in [0, 0.1) is 17.3 Å². The monoisotopic (exact) mass is 421 g/mol. The topological polar surface area (TPSA) is 104 Å². The van der Waals surface area contributed by atoms with Crippen LogP contribution < -0.4 is 10.2 Å². The van der Waals surface area contributed by atoms with Crippen LogP contribution in [0.15, 0.2) is 36.9 Å². The maximum atomic E-state index is 13.5. The number of nitrogens with one attached hydrogen (secondary N) is 1. The first kappa shape index (κ1) is 19.8. The first-order valence-corrected chi connectivity index (χ1v) is 11.0. The first-order chi connectivity index (χ1) is 15.2. The van der Waals surface area contributed by atoms with Crippen molar-refractivity contribution in [2.45, 2.75) is 25.7 Å². The molecule has 2 aliphatic heterocycles. The zero-order chi connectivity index (χ0) is 21.3. The number of fused-ring (bicyclic) bond motifs is 1. The van der Waals surface area contributed by atoms with Crippen LogP contribution in [-0.2, 0) is 4.79 Å². The molecule has 2 atom stereocenters. The maximum Gasteiger partial charge on any atom is 0.255 e. The molecule has 0 bridgehead atoms. The molecule has 1 aliphatic carbocycles. The highest BCUT2D eigenvalue weighted by Crippen LogP contribution is 2.44. The summed E-state index contributed by atoms with van der Waals surface area (Å²) in [5, 5.41) is 10.8. The molecule has 5 rings (SSSR count). The lowest BCUT2D eigenvalue weighted by Crippen LogP contribution is -2.48. The summed E-state index contributed by atoms with van der Waals surface area (Å²) in [5.41, 5.74) is -0.0125. The summed E-state index contributed by atoms with van der Waals surface area (Å²) in [5.74, 6) is 1.33. The summed E-state index contributed by atoms with van der Waals surface area (Å²) in [6, 6.07) is 3.48. The molecule has 2 aromatic rings. The van der Waals surface area contributed by atoms with E-state index in [0.717, 1.165) is 19.4 Å². The Morgan fingerprint density at radius 1 is 1.13 bits per heavy atom. The molecule has 2 amide bonds. The van der Waals surface area contributed by atoms with Crippen LogP contribution in [-0.4, -0.2) is 69.6 Å². The summed E-state index contributed by atoms with van der Waals surface area (Å²) >= 11 is 0. The highest BCUT2D eigenvalue weighted by atomic mass is 16.2. The Bertz CT molecular complexity index is 937. The van der Waals surface area contributed by atoms with Crippen molar-refractivity contribution in [3.8, 4) is 0 Å². The fourth-order valence-corrected chi connectivity index (χ4v) is 4.93. The van der Waals surface area contributed by atoms with Gasteiger partial charge < -0.3 is 15.1 Å². The third-order valence-electron chi connectivity index (χ3n) is 6.84. The van der Waals surface area contributed by atoms with Crippen LogP contribution in [0.2, 0.25) is 0 Å². The van der Waals surface area contributed by atoms with Crippen molar-refractivity contribution < 1.29 is 9.59 Å². The second kappa shape index (κ2) is 8.20. The Morgan fingerprint density at radius 3 is 2.71 bits per heavy atom. The molecule has 3 fully saturated rings. The van der Waals surface area contributed by atoms with Crippen molar-refractivity contribution in [1.29, 1.82) is 0 Å². The van der Waals surface area contributed by atoms with E-state index in [-0.39, 0.29) is 17.7 Å². The van der Waals surface area contributed by atoms with Crippen LogP contribution in [0.25, 0.3) is 0 Å². The Kier molecular flexibility index (Phi) is 5.25. The number of hydrogen-bond acceptors (Lipinski definition) is 7. The first-order valence-electron chi connectivity index (χ1n) is 11.0. The van der Waals surface area contributed by atoms with Gasteiger partial charge in [0.2, 0.25) is 11.9 Å². The Morgan fingerprint density at radius 2 is 1.97 bits per heavy atom. The summed E-state index contributed by atoms with van der Waals surface area (Å²) in [6.45, 7) is 3.15. The maximum absolute atomic E-state index is 13.5. The molecular formula is C22H27N7O2. The Hall–Kier alpha value is -3.10. The second-order valence-electron chi connectivity index (χ2n) is 8.92. The number of amides is 2. The van der Waals surface area contributed by atoms with Gasteiger partial charge in [-0.1, -0.05) is 0 Å². The van der Waals surface area contributed by atoms with Crippen LogP contribution in [0.4, 0.5) is 5.95 Å². The van der Waals surface area contributed by atoms with Crippen molar-refractivity contribution in [3.63, 3.8) is 0 Å². The number of aromatic nitrogens is 4. The molecule has 162 valence electrons. The minimum atomic E-state index is -0.542. The van der Waals surface area contributed by atoms with Crippen molar-refractivity contribution >= 4 is 17.8 Å². The third kappa shape index (κ3) is 3.96. The SMILES string of the molecule is O=C(c1ccnnc1)N1CCC[C@@]2(C(=O)NCC3CC3)CN(c3ncccn3)C[C@@H]2C1. The lowest BCUT2D eigenvalue weighted by Gasteiger charge is -2.32. The van der Waals surface area contributed by atoms with Gasteiger partial charge in [0.15, 0.2) is 0 Å². The fourth-order valence-electron chi connectivity index (χ4n) is 4.93. The number of hydrogen-bond donors (Lipinski definition) is 1. The minimum absolute atomic E-state index is 0.0109. The van der Waals surface area contributed by atoms with E-state index in [0.29, 0.717) is 43.6 Å². The van der Waals surface area contributed by atoms with E-state index < -0.39 is 5.41 Å². The van der Waals surface area contributed by atoms with Gasteiger partial charge in [-0.05, 0) is 43.7 Å². The number of rotatable bonds is 5. The Labute approximate surface area is 181 Å². The van der Waals surface area contributed by atoms with E-state index in [9.17, 15) is 9.59 Å². The van der Waals surface area contributed by atoms with Gasteiger partial charge >= 0.3 is 0 Å². The van der Waals surface area contributed by atoms with Crippen LogP contribution in [0.5, 0.6) is 0 Å². The average Bonchev–Trinajstić information content (AvgIpc) is 3.61. The number of nitrogens with zero attached hydrogens (tertiary/aromatic N) is 6. The van der Waals surface area contributed by atoms with E-state index in [1.807, 2.05) is 4.90 Å². The smallest absolute Gasteiger partial charge is 0.255 e. The van der Waals surface area contributed by atoms with Crippen LogP contribution in [0.3, 0.4) is 0 Å². The van der Waals surface area contributed by atoms with Crippen LogP contribution >= 0.6 is 0 Å². The third-order valence-corrected chi connectivity index (χ3v) is 6.84. The number of carbonyl (C=O) groups excluding carboxylic acids is 2. The van der Waals surface area contributed by atoms with Gasteiger partial charge in [-0.15, -0.1) is 0 Å². The lowest BCUT2D eigenvalue weighted by molar-refractivity contribution is -0.132. The van der Waals surface area contributed by atoms with E-state index in [1.165, 1.54) is 25.2 Å². The van der Waals surface area contributed by atoms with Gasteiger partial charge in [-0.2, -0.15) is 10.2 Å². The molecule has 2 aromatic heterocycles. The molecule has 3 aliphatic rings. The summed E-state index contributed by atoms with van der Waals surface area (Å²) in [7, 11) is 0. The van der Waals surface area contributed by atoms with Gasteiger partial charge in [0.05, 0.1) is 23.4 Å². The molecule has 1 saturated carbocycles. The molecule has 2 saturated heterocycles. The van der Waals surface area contributed by atoms with Crippen molar-refractivity contribution in [2.75, 3.05) is 37.6 Å². The molecular weight excluding hydrogens is 394 g/mol. The average molecular weight is 422 g/mol. The van der Waals surface area contributed by atoms with Crippen molar-refractivity contribution in [3.05, 3.63) is 42.5 Å². The highest BCUT2D eigenvalue weighted by molar-refractivity contribution is 5.94. The molecule has 9 nitrogen and oxygen atoms in total. The predicted molar refractivity (Wildman–Crippen MR) is 113 cm³/mol. The van der Waals surface area contributed by atoms with E-state index >= 15 is 0 Å². The summed E-state index contributed by atoms with van der Waals surface area (Å²) in [6.07, 6.45) is 10.4. The highest BCUT2D eigenvalue weighted by Gasteiger charge is 2.54. The molecule has 0 aromatic carbocycles. The second-order valence-corrected chi connectivity index (χ2v) is 8.92. The number of anilines is 1. The standard InChI is InChI=1S/C22H27N7O2/c30-19(17-5-9-26-27-12-17)28-10-1-6-22(20(31)25-11-16-3-4-16)15-29(14-18(22)13-28)21-23-7-2-8-24-21/h2,5,7-9,12,16,18H,1,3-4,6,10-11,13-15H2,(H,25,31)/t18-,22+/m0/s1. The molecule has 31 heavy (non-hydrogen) atoms. The summed E-state index contributed by atoms with van der Waals surface area (Å²) < 4.78 is 0. The molecule has 0 spiro atoms. The predicted octanol–water partition coefficient (Wildman–Crippen LogP) is 1.15. The molecule has 4 heterocycles. The summed E-state index contributed by atoms with van der Waals surface area (Å²) in [4.78, 5) is 39.4. The van der Waals surface area contributed by atoms with Gasteiger partial charge in [0, 0.05) is 51.0 Å². The normalized spacial score (nSPS) is 25.6. The fraction of sp³-hybridized carbons (Fsp3) is 0.545. The molecule has 0 radical (unpaired) electrons. The van der Waals surface area contributed by atoms with Crippen molar-refractivity contribution in [1.82, 2.24) is 30.4 Å². The molecule has 0 unspecified atom stereocenters. The van der Waals surface area contributed by atoms with Crippen LogP contribution in [0.1, 0.15) is 36.0 Å². The van der Waals surface area contributed by atoms with Crippen molar-refractivity contribution in [2.24, 2.45) is 17.3 Å². The number of likely N-dealkylation sites (tertiary alicyclic amines) is 1. The van der Waals surface area contributed by atoms with Gasteiger partial charge in [0.1, 0.15) is 0 Å². The van der Waals surface area contributed by atoms with E-state index in [4.69, 9.17) is 0 Å². The van der Waals surface area contributed by atoms with Gasteiger partial charge in [0.25, 0.3) is 5.91 Å². The zero-order valence-electron chi connectivity index (χ0n) is 17.5. The van der Waals surface area contributed by atoms with Gasteiger partial charge in [-0.25, -0.2) is 9.97 Å². The minimum Gasteiger partial charge on any atom is -0.355 e. The number of carbonyl (C=O) groups is 2. The lowest BCUT2D eigenvalue weighted by atomic mass is 9.74. The van der Waals surface area contributed by atoms with Gasteiger partial charge in [-0.3, -0.25) is 9.59 Å². The quantitative estimate of drug-likeness (QED) is 0.772. The Balaban J connectivity index is 1.40. The largest absolute Gasteiger partial charge is 0.355 e. The van der Waals surface area contributed by atoms with E-state index in [1.54, 1.807) is 24.5 Å². The van der Waals surface area contributed by atoms with E-state index in [2.05, 4.69) is 30.4 Å². The zero-order valence-corrected chi connectivity index (χ0v) is 17.5.